The second-order valence-corrected chi connectivity index (χ2v) is 5.12. The Labute approximate surface area is 131 Å². The van der Waals surface area contributed by atoms with Gasteiger partial charge in [-0.2, -0.15) is 0 Å². The zero-order valence-corrected chi connectivity index (χ0v) is 13.0. The van der Waals surface area contributed by atoms with Crippen molar-refractivity contribution in [2.24, 2.45) is 0 Å². The first kappa shape index (κ1) is 16.7. The van der Waals surface area contributed by atoms with Crippen molar-refractivity contribution in [3.8, 4) is 5.88 Å². The molecule has 2 heterocycles. The molecule has 0 aromatic carbocycles. The van der Waals surface area contributed by atoms with Crippen molar-refractivity contribution < 1.29 is 19.0 Å². The number of amides is 1. The fraction of sp³-hybridized carbons (Fsp3) is 0.625. The third-order valence-electron chi connectivity index (χ3n) is 3.41. The van der Waals surface area contributed by atoms with Crippen LogP contribution in [0.5, 0.6) is 5.88 Å². The molecule has 0 atom stereocenters. The van der Waals surface area contributed by atoms with Crippen molar-refractivity contribution in [1.29, 1.82) is 0 Å². The minimum absolute atomic E-state index is 0.124. The average molecular weight is 308 g/mol. The number of hydrogen-bond donors (Lipinski definition) is 1. The van der Waals surface area contributed by atoms with Crippen LogP contribution in [-0.2, 0) is 9.47 Å². The molecule has 1 N–H and O–H groups in total. The molecule has 0 bridgehead atoms. The summed E-state index contributed by atoms with van der Waals surface area (Å²) < 4.78 is 16.3. The smallest absolute Gasteiger partial charge is 0.252 e. The molecular formula is C16H24N2O4. The van der Waals surface area contributed by atoms with E-state index < -0.39 is 0 Å². The second-order valence-electron chi connectivity index (χ2n) is 5.12. The summed E-state index contributed by atoms with van der Waals surface area (Å²) in [5.74, 6) is 0.432. The highest BCUT2D eigenvalue weighted by molar-refractivity contribution is 5.93. The van der Waals surface area contributed by atoms with Gasteiger partial charge in [-0.3, -0.25) is 4.79 Å². The monoisotopic (exact) mass is 308 g/mol. The van der Waals surface area contributed by atoms with Gasteiger partial charge in [-0.15, -0.1) is 0 Å². The normalized spacial score (nSPS) is 15.5. The van der Waals surface area contributed by atoms with Crippen molar-refractivity contribution in [1.82, 2.24) is 10.3 Å². The molecule has 0 saturated carbocycles. The van der Waals surface area contributed by atoms with Gasteiger partial charge in [0.2, 0.25) is 5.88 Å². The molecule has 0 unspecified atom stereocenters. The number of carbonyl (C=O) groups is 1. The predicted molar refractivity (Wildman–Crippen MR) is 82.1 cm³/mol. The summed E-state index contributed by atoms with van der Waals surface area (Å²) in [5, 5.41) is 2.84. The molecule has 0 aliphatic carbocycles. The maximum Gasteiger partial charge on any atom is 0.252 e. The van der Waals surface area contributed by atoms with Gasteiger partial charge in [0.25, 0.3) is 5.91 Å². The summed E-state index contributed by atoms with van der Waals surface area (Å²) in [6.07, 6.45) is 4.26. The maximum atomic E-state index is 11.9. The van der Waals surface area contributed by atoms with Gasteiger partial charge in [0.05, 0.1) is 18.8 Å². The molecule has 22 heavy (non-hydrogen) atoms. The van der Waals surface area contributed by atoms with Gasteiger partial charge in [0.1, 0.15) is 6.10 Å². The second kappa shape index (κ2) is 9.38. The van der Waals surface area contributed by atoms with Gasteiger partial charge >= 0.3 is 0 Å². The van der Waals surface area contributed by atoms with E-state index in [9.17, 15) is 4.79 Å². The first-order valence-corrected chi connectivity index (χ1v) is 7.86. The summed E-state index contributed by atoms with van der Waals surface area (Å²) in [5.41, 5.74) is 0.538. The van der Waals surface area contributed by atoms with Gasteiger partial charge in [-0.25, -0.2) is 4.98 Å². The molecule has 2 rings (SSSR count). The van der Waals surface area contributed by atoms with Crippen molar-refractivity contribution in [2.75, 3.05) is 33.0 Å². The number of rotatable bonds is 8. The molecule has 6 nitrogen and oxygen atoms in total. The highest BCUT2D eigenvalue weighted by atomic mass is 16.5. The highest BCUT2D eigenvalue weighted by Gasteiger charge is 2.16. The van der Waals surface area contributed by atoms with Crippen LogP contribution in [0.3, 0.4) is 0 Å². The van der Waals surface area contributed by atoms with E-state index in [1.807, 2.05) is 6.92 Å². The number of carbonyl (C=O) groups excluding carboxylic acids is 1. The summed E-state index contributed by atoms with van der Waals surface area (Å²) in [7, 11) is 0. The van der Waals surface area contributed by atoms with Gasteiger partial charge in [0, 0.05) is 44.9 Å². The number of nitrogens with zero attached hydrogens (tertiary/aromatic N) is 1. The quantitative estimate of drug-likeness (QED) is 0.742. The largest absolute Gasteiger partial charge is 0.474 e. The number of aromatic nitrogens is 1. The molecule has 0 spiro atoms. The Morgan fingerprint density at radius 2 is 2.23 bits per heavy atom. The topological polar surface area (TPSA) is 69.7 Å². The Morgan fingerprint density at radius 3 is 2.91 bits per heavy atom. The number of ether oxygens (including phenoxy) is 3. The third kappa shape index (κ3) is 5.61. The van der Waals surface area contributed by atoms with E-state index >= 15 is 0 Å². The van der Waals surface area contributed by atoms with Crippen LogP contribution in [0.15, 0.2) is 18.3 Å². The standard InChI is InChI=1S/C16H24N2O4/c1-2-20-9-3-8-17-16(19)13-4-5-15(18-12-13)22-14-6-10-21-11-7-14/h4-5,12,14H,2-3,6-11H2,1H3,(H,17,19). The van der Waals surface area contributed by atoms with Crippen LogP contribution < -0.4 is 10.1 Å². The van der Waals surface area contributed by atoms with E-state index in [1.165, 1.54) is 0 Å². The molecule has 122 valence electrons. The lowest BCUT2D eigenvalue weighted by Crippen LogP contribution is -2.27. The molecule has 6 heteroatoms. The van der Waals surface area contributed by atoms with Crippen LogP contribution in [0.25, 0.3) is 0 Å². The molecule has 1 aromatic rings. The summed E-state index contributed by atoms with van der Waals surface area (Å²) >= 11 is 0. The first-order valence-electron chi connectivity index (χ1n) is 7.86. The number of nitrogens with one attached hydrogen (secondary N) is 1. The third-order valence-corrected chi connectivity index (χ3v) is 3.41. The average Bonchev–Trinajstić information content (AvgIpc) is 2.56. The molecule has 1 aliphatic heterocycles. The lowest BCUT2D eigenvalue weighted by molar-refractivity contribution is 0.0237. The van der Waals surface area contributed by atoms with Crippen molar-refractivity contribution in [2.45, 2.75) is 32.3 Å². The SMILES string of the molecule is CCOCCCNC(=O)c1ccc(OC2CCOCC2)nc1. The summed E-state index contributed by atoms with van der Waals surface area (Å²) in [6, 6.07) is 3.48. The molecule has 1 saturated heterocycles. The molecule has 1 aliphatic rings. The van der Waals surface area contributed by atoms with Gasteiger partial charge in [0.15, 0.2) is 0 Å². The lowest BCUT2D eigenvalue weighted by atomic mass is 10.1. The minimum atomic E-state index is -0.124. The van der Waals surface area contributed by atoms with Gasteiger partial charge < -0.3 is 19.5 Å². The van der Waals surface area contributed by atoms with Crippen LogP contribution in [-0.4, -0.2) is 50.0 Å². The Kier molecular flexibility index (Phi) is 7.12. The Bertz CT molecular complexity index is 444. The maximum absolute atomic E-state index is 11.9. The van der Waals surface area contributed by atoms with Crippen molar-refractivity contribution >= 4 is 5.91 Å². The molecule has 1 amide bonds. The highest BCUT2D eigenvalue weighted by Crippen LogP contribution is 2.15. The molecule has 0 radical (unpaired) electrons. The number of hydrogen-bond acceptors (Lipinski definition) is 5. The van der Waals surface area contributed by atoms with Crippen LogP contribution >= 0.6 is 0 Å². The van der Waals surface area contributed by atoms with E-state index in [0.29, 0.717) is 31.2 Å². The fourth-order valence-corrected chi connectivity index (χ4v) is 2.17. The van der Waals surface area contributed by atoms with E-state index in [0.717, 1.165) is 32.5 Å². The van der Waals surface area contributed by atoms with Crippen LogP contribution in [0, 0.1) is 0 Å². The van der Waals surface area contributed by atoms with E-state index in [4.69, 9.17) is 14.2 Å². The zero-order chi connectivity index (χ0) is 15.6. The molecular weight excluding hydrogens is 284 g/mol. The zero-order valence-electron chi connectivity index (χ0n) is 13.0. The Morgan fingerprint density at radius 1 is 1.41 bits per heavy atom. The van der Waals surface area contributed by atoms with Crippen molar-refractivity contribution in [3.05, 3.63) is 23.9 Å². The van der Waals surface area contributed by atoms with E-state index in [1.54, 1.807) is 18.3 Å². The Balaban J connectivity index is 1.74. The van der Waals surface area contributed by atoms with Crippen LogP contribution in [0.2, 0.25) is 0 Å². The van der Waals surface area contributed by atoms with Gasteiger partial charge in [-0.05, 0) is 19.4 Å². The minimum Gasteiger partial charge on any atom is -0.474 e. The fourth-order valence-electron chi connectivity index (χ4n) is 2.17. The predicted octanol–water partition coefficient (Wildman–Crippen LogP) is 1.80. The van der Waals surface area contributed by atoms with Crippen LogP contribution in [0.1, 0.15) is 36.5 Å². The Hall–Kier alpha value is -1.66. The van der Waals surface area contributed by atoms with Gasteiger partial charge in [-0.1, -0.05) is 0 Å². The summed E-state index contributed by atoms with van der Waals surface area (Å²) in [4.78, 5) is 16.1. The summed E-state index contributed by atoms with van der Waals surface area (Å²) in [6.45, 7) is 5.37. The van der Waals surface area contributed by atoms with E-state index in [2.05, 4.69) is 10.3 Å². The molecule has 1 fully saturated rings. The van der Waals surface area contributed by atoms with Crippen LogP contribution in [0.4, 0.5) is 0 Å². The lowest BCUT2D eigenvalue weighted by Gasteiger charge is -2.22. The molecule has 1 aromatic heterocycles. The van der Waals surface area contributed by atoms with E-state index in [-0.39, 0.29) is 12.0 Å². The first-order chi connectivity index (χ1) is 10.8. The number of pyridine rings is 1. The van der Waals surface area contributed by atoms with Crippen molar-refractivity contribution in [3.63, 3.8) is 0 Å².